The van der Waals surface area contributed by atoms with Crippen molar-refractivity contribution in [1.29, 1.82) is 0 Å². The minimum absolute atomic E-state index is 0.301. The van der Waals surface area contributed by atoms with Crippen LogP contribution in [-0.4, -0.2) is 30.6 Å². The Morgan fingerprint density at radius 3 is 2.50 bits per heavy atom. The van der Waals surface area contributed by atoms with Crippen molar-refractivity contribution in [1.82, 2.24) is 15.6 Å². The van der Waals surface area contributed by atoms with Gasteiger partial charge in [0.25, 0.3) is 0 Å². The van der Waals surface area contributed by atoms with Crippen LogP contribution in [-0.2, 0) is 17.8 Å². The molecule has 0 aliphatic carbocycles. The predicted molar refractivity (Wildman–Crippen MR) is 93.7 cm³/mol. The number of rotatable bonds is 6. The number of benzene rings is 1. The average Bonchev–Trinajstić information content (AvgIpc) is 2.63. The van der Waals surface area contributed by atoms with Gasteiger partial charge in [-0.05, 0) is 36.8 Å². The van der Waals surface area contributed by atoms with E-state index in [0.29, 0.717) is 31.2 Å². The Balaban J connectivity index is 1.83. The molecular formula is C18H22N4O2. The van der Waals surface area contributed by atoms with E-state index in [9.17, 15) is 4.79 Å². The van der Waals surface area contributed by atoms with Crippen LogP contribution < -0.4 is 10.6 Å². The zero-order valence-electron chi connectivity index (χ0n) is 14.0. The number of pyridine rings is 1. The molecular weight excluding hydrogens is 304 g/mol. The molecule has 2 aromatic rings. The molecule has 0 saturated carbocycles. The maximum absolute atomic E-state index is 11.6. The average molecular weight is 326 g/mol. The number of carbonyl (C=O) groups is 1. The number of ether oxygens (including phenoxy) is 1. The van der Waals surface area contributed by atoms with Crippen molar-refractivity contribution in [3.63, 3.8) is 0 Å². The lowest BCUT2D eigenvalue weighted by molar-refractivity contribution is 0.0526. The SMILES string of the molecule is CCOC(=O)c1ccc(CNC(=NC)NCc2ccccn2)cc1. The van der Waals surface area contributed by atoms with Gasteiger partial charge in [0.15, 0.2) is 5.96 Å². The summed E-state index contributed by atoms with van der Waals surface area (Å²) in [7, 11) is 1.72. The summed E-state index contributed by atoms with van der Waals surface area (Å²) >= 11 is 0. The molecule has 2 rings (SSSR count). The maximum atomic E-state index is 11.6. The first-order valence-corrected chi connectivity index (χ1v) is 7.83. The Labute approximate surface area is 142 Å². The molecule has 1 heterocycles. The molecule has 0 amide bonds. The molecule has 0 radical (unpaired) electrons. The largest absolute Gasteiger partial charge is 0.462 e. The van der Waals surface area contributed by atoms with Crippen LogP contribution in [0.2, 0.25) is 0 Å². The lowest BCUT2D eigenvalue weighted by Gasteiger charge is -2.12. The van der Waals surface area contributed by atoms with Crippen molar-refractivity contribution in [2.45, 2.75) is 20.0 Å². The van der Waals surface area contributed by atoms with E-state index in [0.717, 1.165) is 11.3 Å². The van der Waals surface area contributed by atoms with Gasteiger partial charge in [0.1, 0.15) is 0 Å². The molecule has 126 valence electrons. The second-order valence-electron chi connectivity index (χ2n) is 5.02. The van der Waals surface area contributed by atoms with Gasteiger partial charge >= 0.3 is 5.97 Å². The molecule has 0 spiro atoms. The lowest BCUT2D eigenvalue weighted by Crippen LogP contribution is -2.36. The summed E-state index contributed by atoms with van der Waals surface area (Å²) in [5.41, 5.74) is 2.54. The summed E-state index contributed by atoms with van der Waals surface area (Å²) in [5, 5.41) is 6.43. The van der Waals surface area contributed by atoms with E-state index in [1.165, 1.54) is 0 Å². The minimum atomic E-state index is -0.301. The van der Waals surface area contributed by atoms with Crippen LogP contribution in [0.5, 0.6) is 0 Å². The topological polar surface area (TPSA) is 75.6 Å². The molecule has 1 aromatic carbocycles. The lowest BCUT2D eigenvalue weighted by atomic mass is 10.1. The summed E-state index contributed by atoms with van der Waals surface area (Å²) in [5.74, 6) is 0.389. The van der Waals surface area contributed by atoms with E-state index < -0.39 is 0 Å². The van der Waals surface area contributed by atoms with Crippen LogP contribution >= 0.6 is 0 Å². The quantitative estimate of drug-likeness (QED) is 0.483. The van der Waals surface area contributed by atoms with E-state index in [1.54, 1.807) is 32.3 Å². The molecule has 0 fully saturated rings. The molecule has 0 aliphatic heterocycles. The standard InChI is InChI=1S/C18H22N4O2/c1-3-24-17(23)15-9-7-14(8-10-15)12-21-18(19-2)22-13-16-6-4-5-11-20-16/h4-11H,3,12-13H2,1-2H3,(H2,19,21,22). The van der Waals surface area contributed by atoms with Gasteiger partial charge in [-0.2, -0.15) is 0 Å². The number of aromatic nitrogens is 1. The van der Waals surface area contributed by atoms with Gasteiger partial charge in [-0.15, -0.1) is 0 Å². The fourth-order valence-electron chi connectivity index (χ4n) is 2.06. The van der Waals surface area contributed by atoms with Crippen molar-refractivity contribution in [3.05, 3.63) is 65.5 Å². The Morgan fingerprint density at radius 2 is 1.88 bits per heavy atom. The molecule has 6 nitrogen and oxygen atoms in total. The summed E-state index contributed by atoms with van der Waals surface area (Å²) in [6.07, 6.45) is 1.76. The fourth-order valence-corrected chi connectivity index (χ4v) is 2.06. The summed E-state index contributed by atoms with van der Waals surface area (Å²) in [6, 6.07) is 13.1. The number of guanidine groups is 1. The van der Waals surface area contributed by atoms with Crippen molar-refractivity contribution in [2.24, 2.45) is 4.99 Å². The number of nitrogens with one attached hydrogen (secondary N) is 2. The third kappa shape index (κ3) is 5.39. The highest BCUT2D eigenvalue weighted by Gasteiger charge is 2.06. The van der Waals surface area contributed by atoms with E-state index >= 15 is 0 Å². The molecule has 24 heavy (non-hydrogen) atoms. The number of carbonyl (C=O) groups excluding carboxylic acids is 1. The Kier molecular flexibility index (Phi) is 6.76. The van der Waals surface area contributed by atoms with Gasteiger partial charge in [-0.1, -0.05) is 18.2 Å². The zero-order valence-corrected chi connectivity index (χ0v) is 14.0. The van der Waals surface area contributed by atoms with Crippen molar-refractivity contribution in [3.8, 4) is 0 Å². The van der Waals surface area contributed by atoms with Crippen molar-refractivity contribution >= 4 is 11.9 Å². The zero-order chi connectivity index (χ0) is 17.2. The minimum Gasteiger partial charge on any atom is -0.462 e. The maximum Gasteiger partial charge on any atom is 0.338 e. The summed E-state index contributed by atoms with van der Waals surface area (Å²) in [4.78, 5) is 20.1. The number of esters is 1. The third-order valence-electron chi connectivity index (χ3n) is 3.31. The number of aliphatic imine (C=N–C) groups is 1. The Bertz CT molecular complexity index is 669. The highest BCUT2D eigenvalue weighted by atomic mass is 16.5. The Hall–Kier alpha value is -2.89. The normalized spacial score (nSPS) is 11.0. The van der Waals surface area contributed by atoms with Crippen LogP contribution in [0.25, 0.3) is 0 Å². The van der Waals surface area contributed by atoms with Crippen molar-refractivity contribution in [2.75, 3.05) is 13.7 Å². The highest BCUT2D eigenvalue weighted by Crippen LogP contribution is 2.06. The molecule has 0 bridgehead atoms. The van der Waals surface area contributed by atoms with Gasteiger partial charge < -0.3 is 15.4 Å². The van der Waals surface area contributed by atoms with Crippen LogP contribution in [0, 0.1) is 0 Å². The van der Waals surface area contributed by atoms with E-state index in [2.05, 4.69) is 20.6 Å². The van der Waals surface area contributed by atoms with Crippen LogP contribution in [0.1, 0.15) is 28.5 Å². The second-order valence-corrected chi connectivity index (χ2v) is 5.02. The molecule has 1 aromatic heterocycles. The van der Waals surface area contributed by atoms with Gasteiger partial charge in [-0.3, -0.25) is 9.98 Å². The van der Waals surface area contributed by atoms with Gasteiger partial charge in [0.05, 0.1) is 24.4 Å². The first-order valence-electron chi connectivity index (χ1n) is 7.83. The highest BCUT2D eigenvalue weighted by molar-refractivity contribution is 5.89. The fraction of sp³-hybridized carbons (Fsp3) is 0.278. The van der Waals surface area contributed by atoms with E-state index in [1.807, 2.05) is 30.3 Å². The molecule has 0 saturated heterocycles. The van der Waals surface area contributed by atoms with Gasteiger partial charge in [0.2, 0.25) is 0 Å². The Morgan fingerprint density at radius 1 is 1.12 bits per heavy atom. The van der Waals surface area contributed by atoms with Crippen LogP contribution in [0.3, 0.4) is 0 Å². The summed E-state index contributed by atoms with van der Waals surface area (Å²) in [6.45, 7) is 3.37. The third-order valence-corrected chi connectivity index (χ3v) is 3.31. The van der Waals surface area contributed by atoms with Crippen LogP contribution in [0.15, 0.2) is 53.7 Å². The van der Waals surface area contributed by atoms with Gasteiger partial charge in [-0.25, -0.2) is 4.79 Å². The second kappa shape index (κ2) is 9.29. The molecule has 2 N–H and O–H groups in total. The number of hydrogen-bond acceptors (Lipinski definition) is 4. The monoisotopic (exact) mass is 326 g/mol. The van der Waals surface area contributed by atoms with E-state index in [-0.39, 0.29) is 5.97 Å². The number of hydrogen-bond donors (Lipinski definition) is 2. The first-order chi connectivity index (χ1) is 11.7. The summed E-state index contributed by atoms with van der Waals surface area (Å²) < 4.78 is 4.97. The first kappa shape index (κ1) is 17.5. The predicted octanol–water partition coefficient (Wildman–Crippen LogP) is 2.12. The molecule has 6 heteroatoms. The van der Waals surface area contributed by atoms with Crippen molar-refractivity contribution < 1.29 is 9.53 Å². The van der Waals surface area contributed by atoms with Gasteiger partial charge in [0, 0.05) is 19.8 Å². The number of nitrogens with zero attached hydrogens (tertiary/aromatic N) is 2. The molecule has 0 atom stereocenters. The molecule has 0 unspecified atom stereocenters. The van der Waals surface area contributed by atoms with Crippen LogP contribution in [0.4, 0.5) is 0 Å². The van der Waals surface area contributed by atoms with E-state index in [4.69, 9.17) is 4.74 Å². The molecule has 0 aliphatic rings. The smallest absolute Gasteiger partial charge is 0.338 e.